The molecule has 0 aliphatic carbocycles. The number of aromatic amines is 1. The molecule has 0 aliphatic heterocycles. The van der Waals surface area contributed by atoms with Gasteiger partial charge in [0.2, 0.25) is 0 Å². The van der Waals surface area contributed by atoms with E-state index < -0.39 is 52.0 Å². The summed E-state index contributed by atoms with van der Waals surface area (Å²) in [6.07, 6.45) is -9.77. The first-order valence-corrected chi connectivity index (χ1v) is 10.2. The van der Waals surface area contributed by atoms with Crippen LogP contribution in [0.2, 0.25) is 0 Å². The Morgan fingerprint density at radius 1 is 0.914 bits per heavy atom. The molecule has 0 spiro atoms. The number of alkyl halides is 8. The number of hydrogen-bond acceptors (Lipinski definition) is 3. The first-order chi connectivity index (χ1) is 16.0. The van der Waals surface area contributed by atoms with Crippen LogP contribution in [-0.4, -0.2) is 21.9 Å². The molecule has 2 N–H and O–H groups in total. The van der Waals surface area contributed by atoms with E-state index in [9.17, 15) is 40.2 Å². The van der Waals surface area contributed by atoms with Crippen LogP contribution in [0.1, 0.15) is 37.6 Å². The average Bonchev–Trinajstić information content (AvgIpc) is 3.21. The summed E-state index contributed by atoms with van der Waals surface area (Å²) in [5, 5.41) is 16.3. The Bertz CT molecular complexity index is 1180. The van der Waals surface area contributed by atoms with Crippen molar-refractivity contribution in [2.24, 2.45) is 5.92 Å². The van der Waals surface area contributed by atoms with Crippen LogP contribution in [0.3, 0.4) is 0 Å². The van der Waals surface area contributed by atoms with Crippen molar-refractivity contribution in [1.82, 2.24) is 10.2 Å². The number of nitrogens with zero attached hydrogens (tertiary/aromatic N) is 1. The summed E-state index contributed by atoms with van der Waals surface area (Å²) in [7, 11) is 0. The van der Waals surface area contributed by atoms with Gasteiger partial charge in [-0.3, -0.25) is 5.10 Å². The second kappa shape index (κ2) is 9.04. The van der Waals surface area contributed by atoms with Crippen LogP contribution in [0.4, 0.5) is 35.1 Å². The number of aromatic hydroxyl groups is 1. The predicted octanol–water partition coefficient (Wildman–Crippen LogP) is 7.63. The molecule has 0 aliphatic rings. The number of halogens is 8. The highest BCUT2D eigenvalue weighted by atomic mass is 19.4. The van der Waals surface area contributed by atoms with E-state index in [0.717, 1.165) is 6.07 Å². The molecular weight excluding hydrogens is 488 g/mol. The van der Waals surface area contributed by atoms with E-state index in [1.54, 1.807) is 18.9 Å². The minimum Gasteiger partial charge on any atom is -0.506 e. The molecule has 2 aromatic carbocycles. The Balaban J connectivity index is 2.29. The van der Waals surface area contributed by atoms with Gasteiger partial charge in [0.15, 0.2) is 0 Å². The molecule has 3 rings (SSSR count). The maximum atomic E-state index is 14.1. The van der Waals surface area contributed by atoms with Gasteiger partial charge in [0, 0.05) is 18.1 Å². The smallest absolute Gasteiger partial charge is 0.432 e. The fourth-order valence-electron chi connectivity index (χ4n) is 3.23. The highest BCUT2D eigenvalue weighted by Crippen LogP contribution is 2.47. The van der Waals surface area contributed by atoms with E-state index in [1.807, 2.05) is 0 Å². The van der Waals surface area contributed by atoms with Crippen molar-refractivity contribution in [1.29, 1.82) is 0 Å². The molecule has 0 amide bonds. The Morgan fingerprint density at radius 3 is 2.06 bits per heavy atom. The van der Waals surface area contributed by atoms with Gasteiger partial charge in [-0.15, -0.1) is 0 Å². The molecule has 3 aromatic rings. The SMILES string of the molecule is CC(C)COc1ccc(-c2cc(C(F)(F)F)[nH]n2)c(O)c1-c1cc(C(C)(F)F)cc(C(F)(F)F)c1. The Labute approximate surface area is 194 Å². The third-order valence-electron chi connectivity index (χ3n) is 4.93. The number of nitrogens with one attached hydrogen (secondary N) is 1. The molecule has 0 saturated carbocycles. The van der Waals surface area contributed by atoms with E-state index in [0.29, 0.717) is 25.1 Å². The van der Waals surface area contributed by atoms with Crippen LogP contribution < -0.4 is 4.74 Å². The maximum Gasteiger partial charge on any atom is 0.432 e. The zero-order valence-electron chi connectivity index (χ0n) is 18.6. The fourth-order valence-corrected chi connectivity index (χ4v) is 3.23. The van der Waals surface area contributed by atoms with Crippen LogP contribution in [0.15, 0.2) is 36.4 Å². The van der Waals surface area contributed by atoms with E-state index >= 15 is 0 Å². The van der Waals surface area contributed by atoms with Crippen LogP contribution in [0, 0.1) is 5.92 Å². The van der Waals surface area contributed by atoms with E-state index in [1.165, 1.54) is 12.1 Å². The Hall–Kier alpha value is -3.31. The fraction of sp³-hybridized carbons (Fsp3) is 0.348. The van der Waals surface area contributed by atoms with Gasteiger partial charge in [0.25, 0.3) is 5.92 Å². The molecule has 190 valence electrons. The summed E-state index contributed by atoms with van der Waals surface area (Å²) in [6.45, 7) is 4.02. The predicted molar refractivity (Wildman–Crippen MR) is 111 cm³/mol. The topological polar surface area (TPSA) is 58.1 Å². The minimum atomic E-state index is -4.99. The molecule has 0 fully saturated rings. The molecule has 0 unspecified atom stereocenters. The number of ether oxygens (including phenoxy) is 1. The molecule has 0 radical (unpaired) electrons. The summed E-state index contributed by atoms with van der Waals surface area (Å²) >= 11 is 0. The number of aromatic nitrogens is 2. The molecule has 0 atom stereocenters. The van der Waals surface area contributed by atoms with Crippen molar-refractivity contribution in [3.05, 3.63) is 53.2 Å². The Kier molecular flexibility index (Phi) is 6.80. The normalized spacial score (nSPS) is 12.9. The minimum absolute atomic E-state index is 0.0533. The van der Waals surface area contributed by atoms with Crippen LogP contribution >= 0.6 is 0 Å². The monoisotopic (exact) mass is 508 g/mol. The molecule has 4 nitrogen and oxygen atoms in total. The van der Waals surface area contributed by atoms with Crippen LogP contribution in [0.25, 0.3) is 22.4 Å². The van der Waals surface area contributed by atoms with Gasteiger partial charge in [0.1, 0.15) is 17.2 Å². The van der Waals surface area contributed by atoms with Crippen molar-refractivity contribution < 1.29 is 45.0 Å². The van der Waals surface area contributed by atoms with E-state index in [2.05, 4.69) is 5.10 Å². The molecule has 12 heteroatoms. The quantitative estimate of drug-likeness (QED) is 0.337. The van der Waals surface area contributed by atoms with Crippen LogP contribution in [-0.2, 0) is 18.3 Å². The van der Waals surface area contributed by atoms with Gasteiger partial charge in [-0.2, -0.15) is 31.4 Å². The van der Waals surface area contributed by atoms with Crippen molar-refractivity contribution in [3.8, 4) is 33.9 Å². The molecular formula is C23H20F8N2O2. The van der Waals surface area contributed by atoms with Gasteiger partial charge in [-0.05, 0) is 47.9 Å². The van der Waals surface area contributed by atoms with Crippen molar-refractivity contribution in [2.45, 2.75) is 39.0 Å². The lowest BCUT2D eigenvalue weighted by Crippen LogP contribution is -2.12. The molecule has 35 heavy (non-hydrogen) atoms. The molecule has 0 bridgehead atoms. The van der Waals surface area contributed by atoms with Gasteiger partial charge < -0.3 is 9.84 Å². The molecule has 1 aromatic heterocycles. The zero-order valence-corrected chi connectivity index (χ0v) is 18.6. The number of rotatable bonds is 6. The first kappa shape index (κ1) is 26.3. The standard InChI is InChI=1S/C23H20F8N2O2/c1-11(2)10-35-17-5-4-15(16-9-18(33-32-16)23(29,30)31)20(34)19(17)12-6-13(21(3,24)25)8-14(7-12)22(26,27)28/h4-9,11,34H,10H2,1-3H3,(H,32,33). The second-order valence-electron chi connectivity index (χ2n) is 8.39. The number of benzene rings is 2. The van der Waals surface area contributed by atoms with Gasteiger partial charge >= 0.3 is 12.4 Å². The first-order valence-electron chi connectivity index (χ1n) is 10.2. The molecule has 0 saturated heterocycles. The number of hydrogen-bond donors (Lipinski definition) is 2. The Morgan fingerprint density at radius 2 is 1.54 bits per heavy atom. The van der Waals surface area contributed by atoms with Crippen LogP contribution in [0.5, 0.6) is 11.5 Å². The van der Waals surface area contributed by atoms with Gasteiger partial charge in [-0.25, -0.2) is 8.78 Å². The highest BCUT2D eigenvalue weighted by molar-refractivity contribution is 5.85. The zero-order chi connectivity index (χ0) is 26.3. The lowest BCUT2D eigenvalue weighted by Gasteiger charge is -2.20. The van der Waals surface area contributed by atoms with Gasteiger partial charge in [-0.1, -0.05) is 13.8 Å². The lowest BCUT2D eigenvalue weighted by atomic mass is 9.93. The van der Waals surface area contributed by atoms with Crippen molar-refractivity contribution >= 4 is 0 Å². The summed E-state index contributed by atoms with van der Waals surface area (Å²) in [4.78, 5) is 0. The lowest BCUT2D eigenvalue weighted by molar-refractivity contribution is -0.141. The number of H-pyrrole nitrogens is 1. The summed E-state index contributed by atoms with van der Waals surface area (Å²) < 4.78 is 113. The summed E-state index contributed by atoms with van der Waals surface area (Å²) in [5.41, 5.74) is -5.07. The van der Waals surface area contributed by atoms with Crippen molar-refractivity contribution in [2.75, 3.05) is 6.61 Å². The largest absolute Gasteiger partial charge is 0.506 e. The third kappa shape index (κ3) is 5.85. The third-order valence-corrected chi connectivity index (χ3v) is 4.93. The second-order valence-corrected chi connectivity index (χ2v) is 8.39. The van der Waals surface area contributed by atoms with Gasteiger partial charge in [0.05, 0.1) is 23.4 Å². The number of phenolic OH excluding ortho intramolecular Hbond substituents is 1. The number of phenols is 1. The molecule has 1 heterocycles. The van der Waals surface area contributed by atoms with E-state index in [4.69, 9.17) is 4.74 Å². The van der Waals surface area contributed by atoms with Crippen molar-refractivity contribution in [3.63, 3.8) is 0 Å². The maximum absolute atomic E-state index is 14.1. The van der Waals surface area contributed by atoms with E-state index in [-0.39, 0.29) is 29.5 Å². The summed E-state index contributed by atoms with van der Waals surface area (Å²) in [6, 6.07) is 4.62. The average molecular weight is 508 g/mol. The highest BCUT2D eigenvalue weighted by Gasteiger charge is 2.36. The summed E-state index contributed by atoms with van der Waals surface area (Å²) in [5.74, 6) is -4.64.